The Bertz CT molecular complexity index is 549. The standard InChI is InChI=1S/C10H12ClN5O/c1-7-8(11)9(15-2-4-17-5-3-15)16-10(14-7)12-6-13-16/h6H,2-5H2,1H3. The topological polar surface area (TPSA) is 55.5 Å². The van der Waals surface area contributed by atoms with Gasteiger partial charge < -0.3 is 9.64 Å². The molecule has 1 fully saturated rings. The molecule has 90 valence electrons. The fourth-order valence-electron chi connectivity index (χ4n) is 1.96. The summed E-state index contributed by atoms with van der Waals surface area (Å²) in [5.74, 6) is 1.43. The van der Waals surface area contributed by atoms with Crippen molar-refractivity contribution in [3.05, 3.63) is 17.0 Å². The van der Waals surface area contributed by atoms with Crippen LogP contribution in [-0.2, 0) is 4.74 Å². The van der Waals surface area contributed by atoms with E-state index in [2.05, 4.69) is 20.0 Å². The molecule has 2 aromatic heterocycles. The molecule has 0 aliphatic carbocycles. The van der Waals surface area contributed by atoms with Gasteiger partial charge in [0.2, 0.25) is 0 Å². The molecule has 0 radical (unpaired) electrons. The molecule has 3 heterocycles. The number of nitrogens with zero attached hydrogens (tertiary/aromatic N) is 5. The number of halogens is 1. The number of hydrogen-bond donors (Lipinski definition) is 0. The van der Waals surface area contributed by atoms with Crippen molar-refractivity contribution in [1.82, 2.24) is 19.6 Å². The summed E-state index contributed by atoms with van der Waals surface area (Å²) in [5.41, 5.74) is 0.772. The summed E-state index contributed by atoms with van der Waals surface area (Å²) in [7, 11) is 0. The third-order valence-electron chi connectivity index (χ3n) is 2.82. The van der Waals surface area contributed by atoms with E-state index < -0.39 is 0 Å². The van der Waals surface area contributed by atoms with Crippen LogP contribution in [0.1, 0.15) is 5.69 Å². The Balaban J connectivity index is 2.18. The van der Waals surface area contributed by atoms with E-state index in [1.54, 1.807) is 4.52 Å². The smallest absolute Gasteiger partial charge is 0.254 e. The van der Waals surface area contributed by atoms with Crippen LogP contribution in [0.25, 0.3) is 5.78 Å². The lowest BCUT2D eigenvalue weighted by Gasteiger charge is -2.29. The van der Waals surface area contributed by atoms with Crippen LogP contribution in [0.4, 0.5) is 5.82 Å². The second kappa shape index (κ2) is 4.12. The highest BCUT2D eigenvalue weighted by Gasteiger charge is 2.20. The molecule has 17 heavy (non-hydrogen) atoms. The Labute approximate surface area is 103 Å². The van der Waals surface area contributed by atoms with E-state index >= 15 is 0 Å². The normalized spacial score (nSPS) is 16.7. The maximum atomic E-state index is 6.33. The van der Waals surface area contributed by atoms with E-state index in [-0.39, 0.29) is 0 Å². The highest BCUT2D eigenvalue weighted by Crippen LogP contribution is 2.28. The number of rotatable bonds is 1. The zero-order valence-electron chi connectivity index (χ0n) is 9.43. The molecule has 0 aromatic carbocycles. The molecule has 0 N–H and O–H groups in total. The Morgan fingerprint density at radius 1 is 1.35 bits per heavy atom. The second-order valence-corrected chi connectivity index (χ2v) is 4.28. The molecule has 0 amide bonds. The lowest BCUT2D eigenvalue weighted by molar-refractivity contribution is 0.122. The van der Waals surface area contributed by atoms with Crippen molar-refractivity contribution in [2.45, 2.75) is 6.92 Å². The molecular weight excluding hydrogens is 242 g/mol. The van der Waals surface area contributed by atoms with Crippen molar-refractivity contribution in [3.8, 4) is 0 Å². The fraction of sp³-hybridized carbons (Fsp3) is 0.500. The van der Waals surface area contributed by atoms with Crippen molar-refractivity contribution >= 4 is 23.2 Å². The second-order valence-electron chi connectivity index (χ2n) is 3.91. The van der Waals surface area contributed by atoms with Gasteiger partial charge in [-0.15, -0.1) is 0 Å². The van der Waals surface area contributed by atoms with Crippen LogP contribution in [0.3, 0.4) is 0 Å². The number of anilines is 1. The fourth-order valence-corrected chi connectivity index (χ4v) is 2.20. The highest BCUT2D eigenvalue weighted by molar-refractivity contribution is 6.33. The summed E-state index contributed by atoms with van der Waals surface area (Å²) in [6.07, 6.45) is 1.49. The van der Waals surface area contributed by atoms with E-state index in [9.17, 15) is 0 Å². The zero-order valence-corrected chi connectivity index (χ0v) is 10.2. The first-order chi connectivity index (χ1) is 8.27. The van der Waals surface area contributed by atoms with Crippen LogP contribution in [-0.4, -0.2) is 45.9 Å². The molecule has 7 heteroatoms. The van der Waals surface area contributed by atoms with Gasteiger partial charge in [-0.05, 0) is 6.92 Å². The Morgan fingerprint density at radius 2 is 2.12 bits per heavy atom. The maximum Gasteiger partial charge on any atom is 0.254 e. The number of aryl methyl sites for hydroxylation is 1. The van der Waals surface area contributed by atoms with E-state index in [1.165, 1.54) is 6.33 Å². The van der Waals surface area contributed by atoms with Crippen LogP contribution in [0.15, 0.2) is 6.33 Å². The van der Waals surface area contributed by atoms with Gasteiger partial charge in [0.1, 0.15) is 11.3 Å². The van der Waals surface area contributed by atoms with Crippen LogP contribution in [0, 0.1) is 6.92 Å². The largest absolute Gasteiger partial charge is 0.378 e. The number of hydrogen-bond acceptors (Lipinski definition) is 5. The first-order valence-corrected chi connectivity index (χ1v) is 5.83. The molecule has 0 bridgehead atoms. The van der Waals surface area contributed by atoms with Crippen molar-refractivity contribution in [1.29, 1.82) is 0 Å². The van der Waals surface area contributed by atoms with E-state index in [0.29, 0.717) is 24.0 Å². The minimum absolute atomic E-state index is 0.577. The average Bonchev–Trinajstić information content (AvgIpc) is 2.79. The number of morpholine rings is 1. The molecule has 6 nitrogen and oxygen atoms in total. The van der Waals surface area contributed by atoms with Gasteiger partial charge in [-0.25, -0.2) is 4.98 Å². The molecule has 0 saturated carbocycles. The van der Waals surface area contributed by atoms with E-state index in [0.717, 1.165) is 24.6 Å². The summed E-state index contributed by atoms with van der Waals surface area (Å²) >= 11 is 6.33. The average molecular weight is 254 g/mol. The van der Waals surface area contributed by atoms with Crippen molar-refractivity contribution < 1.29 is 4.74 Å². The van der Waals surface area contributed by atoms with Gasteiger partial charge in [-0.3, -0.25) is 0 Å². The monoisotopic (exact) mass is 253 g/mol. The first-order valence-electron chi connectivity index (χ1n) is 5.46. The maximum absolute atomic E-state index is 6.33. The molecule has 3 rings (SSSR count). The molecule has 1 saturated heterocycles. The summed E-state index contributed by atoms with van der Waals surface area (Å²) in [5, 5.41) is 4.80. The quantitative estimate of drug-likeness (QED) is 0.757. The number of ether oxygens (including phenoxy) is 1. The predicted molar refractivity (Wildman–Crippen MR) is 63.6 cm³/mol. The van der Waals surface area contributed by atoms with E-state index in [1.807, 2.05) is 6.92 Å². The van der Waals surface area contributed by atoms with Gasteiger partial charge >= 0.3 is 0 Å². The number of fused-ring (bicyclic) bond motifs is 1. The molecular formula is C10H12ClN5O. The minimum atomic E-state index is 0.577. The van der Waals surface area contributed by atoms with Crippen LogP contribution in [0.5, 0.6) is 0 Å². The van der Waals surface area contributed by atoms with Gasteiger partial charge in [0.25, 0.3) is 5.78 Å². The van der Waals surface area contributed by atoms with Crippen LogP contribution in [0.2, 0.25) is 5.02 Å². The summed E-state index contributed by atoms with van der Waals surface area (Å²) in [4.78, 5) is 10.5. The predicted octanol–water partition coefficient (Wildman–Crippen LogP) is 0.923. The molecule has 0 unspecified atom stereocenters. The van der Waals surface area contributed by atoms with Crippen LogP contribution < -0.4 is 4.90 Å². The van der Waals surface area contributed by atoms with Crippen molar-refractivity contribution in [2.75, 3.05) is 31.2 Å². The first kappa shape index (κ1) is 10.7. The SMILES string of the molecule is Cc1nc2ncnn2c(N2CCOCC2)c1Cl. The highest BCUT2D eigenvalue weighted by atomic mass is 35.5. The Morgan fingerprint density at radius 3 is 2.88 bits per heavy atom. The van der Waals surface area contributed by atoms with Gasteiger partial charge in [0.15, 0.2) is 5.82 Å². The van der Waals surface area contributed by atoms with Crippen LogP contribution >= 0.6 is 11.6 Å². The molecule has 1 aliphatic heterocycles. The van der Waals surface area contributed by atoms with Gasteiger partial charge in [-0.2, -0.15) is 14.6 Å². The lowest BCUT2D eigenvalue weighted by Crippen LogP contribution is -2.37. The van der Waals surface area contributed by atoms with Crippen molar-refractivity contribution in [3.63, 3.8) is 0 Å². The summed E-state index contributed by atoms with van der Waals surface area (Å²) in [6, 6.07) is 0. The minimum Gasteiger partial charge on any atom is -0.378 e. The number of aromatic nitrogens is 4. The van der Waals surface area contributed by atoms with Crippen molar-refractivity contribution in [2.24, 2.45) is 0 Å². The molecule has 1 aliphatic rings. The third-order valence-corrected chi connectivity index (χ3v) is 3.27. The molecule has 0 atom stereocenters. The molecule has 2 aromatic rings. The van der Waals surface area contributed by atoms with E-state index in [4.69, 9.17) is 16.3 Å². The molecule has 0 spiro atoms. The Kier molecular flexibility index (Phi) is 2.60. The third kappa shape index (κ3) is 1.73. The Hall–Kier alpha value is -1.40. The summed E-state index contributed by atoms with van der Waals surface area (Å²) in [6.45, 7) is 4.89. The lowest BCUT2D eigenvalue weighted by atomic mass is 10.3. The van der Waals surface area contributed by atoms with Gasteiger partial charge in [-0.1, -0.05) is 11.6 Å². The summed E-state index contributed by atoms with van der Waals surface area (Å²) < 4.78 is 7.02. The van der Waals surface area contributed by atoms with Gasteiger partial charge in [0.05, 0.1) is 18.9 Å². The zero-order chi connectivity index (χ0) is 11.8. The van der Waals surface area contributed by atoms with Gasteiger partial charge in [0, 0.05) is 13.1 Å².